The highest BCUT2D eigenvalue weighted by Gasteiger charge is 2.33. The van der Waals surface area contributed by atoms with Gasteiger partial charge in [-0.1, -0.05) is 65.8 Å². The Morgan fingerprint density at radius 1 is 1.05 bits per heavy atom. The van der Waals surface area contributed by atoms with Gasteiger partial charge in [0.2, 0.25) is 5.95 Å². The Morgan fingerprint density at radius 3 is 2.25 bits per heavy atom. The van der Waals surface area contributed by atoms with E-state index >= 15 is 0 Å². The molecule has 1 aliphatic heterocycles. The first-order valence-electron chi connectivity index (χ1n) is 15.5. The second-order valence-corrected chi connectivity index (χ2v) is 10.6. The number of aromatic nitrogens is 2. The number of nitriles is 1. The molecule has 3 aromatic rings. The lowest BCUT2D eigenvalue weighted by Gasteiger charge is -2.32. The molecular formula is C34H47F3N6O. The van der Waals surface area contributed by atoms with Gasteiger partial charge in [0.25, 0.3) is 0 Å². The predicted octanol–water partition coefficient (Wildman–Crippen LogP) is 8.27. The number of benzene rings is 2. The van der Waals surface area contributed by atoms with E-state index in [1.165, 1.54) is 6.20 Å². The topological polar surface area (TPSA) is 100 Å². The molecule has 2 heterocycles. The summed E-state index contributed by atoms with van der Waals surface area (Å²) < 4.78 is 45.2. The van der Waals surface area contributed by atoms with Crippen molar-refractivity contribution in [3.63, 3.8) is 0 Å². The van der Waals surface area contributed by atoms with Crippen LogP contribution >= 0.6 is 0 Å². The number of nitrogens with one attached hydrogen (secondary N) is 1. The van der Waals surface area contributed by atoms with Crippen molar-refractivity contribution in [2.24, 2.45) is 5.92 Å². The molecule has 0 amide bonds. The van der Waals surface area contributed by atoms with Gasteiger partial charge < -0.3 is 20.7 Å². The number of nitrogen functional groups attached to an aromatic ring is 1. The van der Waals surface area contributed by atoms with Crippen molar-refractivity contribution < 1.29 is 17.9 Å². The minimum atomic E-state index is -4.47. The van der Waals surface area contributed by atoms with E-state index in [-0.39, 0.29) is 18.0 Å². The van der Waals surface area contributed by atoms with Crippen LogP contribution in [0.4, 0.5) is 24.8 Å². The largest absolute Gasteiger partial charge is 0.484 e. The maximum absolute atomic E-state index is 13.0. The lowest BCUT2D eigenvalue weighted by atomic mass is 9.97. The van der Waals surface area contributed by atoms with Crippen molar-refractivity contribution in [1.82, 2.24) is 15.3 Å². The van der Waals surface area contributed by atoms with E-state index in [1.807, 2.05) is 71.6 Å². The Balaban J connectivity index is 0.00000162. The fourth-order valence-electron chi connectivity index (χ4n) is 4.87. The Hall–Kier alpha value is -3.84. The summed E-state index contributed by atoms with van der Waals surface area (Å²) in [6.45, 7) is 16.9. The molecule has 0 radical (unpaired) electrons. The first kappa shape index (κ1) is 36.4. The van der Waals surface area contributed by atoms with E-state index in [2.05, 4.69) is 33.5 Å². The van der Waals surface area contributed by atoms with E-state index < -0.39 is 11.9 Å². The summed E-state index contributed by atoms with van der Waals surface area (Å²) in [7, 11) is 0. The molecule has 2 aromatic carbocycles. The zero-order valence-corrected chi connectivity index (χ0v) is 27.0. The molecule has 3 N–H and O–H groups in total. The van der Waals surface area contributed by atoms with Crippen LogP contribution in [0.3, 0.4) is 0 Å². The number of piperidine rings is 1. The molecule has 0 spiro atoms. The van der Waals surface area contributed by atoms with Crippen molar-refractivity contribution in [1.29, 1.82) is 5.26 Å². The molecule has 1 atom stereocenters. The van der Waals surface area contributed by atoms with Crippen molar-refractivity contribution in [3.05, 3.63) is 76.6 Å². The maximum Gasteiger partial charge on any atom is 0.433 e. The molecule has 1 aromatic heterocycles. The van der Waals surface area contributed by atoms with E-state index in [9.17, 15) is 18.4 Å². The summed E-state index contributed by atoms with van der Waals surface area (Å²) in [6, 6.07) is 14.8. The smallest absolute Gasteiger partial charge is 0.433 e. The lowest BCUT2D eigenvalue weighted by molar-refractivity contribution is -0.141. The number of rotatable bonds is 9. The molecule has 4 rings (SSSR count). The summed E-state index contributed by atoms with van der Waals surface area (Å²) >= 11 is 0. The monoisotopic (exact) mass is 612 g/mol. The SMILES string of the molecule is CC.CC.CC(C)c1cc(C#N)cc(N)c1OC(C)c1ccc(CNCC2CCN(c3nccc(C(F)(F)F)n3)CC2)cc1. The third kappa shape index (κ3) is 10.1. The van der Waals surface area contributed by atoms with Gasteiger partial charge in [0, 0.05) is 31.4 Å². The number of alkyl halides is 3. The molecule has 7 nitrogen and oxygen atoms in total. The van der Waals surface area contributed by atoms with Crippen molar-refractivity contribution in [3.8, 4) is 11.8 Å². The van der Waals surface area contributed by atoms with Crippen molar-refractivity contribution >= 4 is 11.6 Å². The molecule has 1 saturated heterocycles. The highest BCUT2D eigenvalue weighted by Crippen LogP contribution is 2.36. The highest BCUT2D eigenvalue weighted by atomic mass is 19.4. The number of nitrogens with two attached hydrogens (primary N) is 1. The average Bonchev–Trinajstić information content (AvgIpc) is 3.04. The number of ether oxygens (including phenoxy) is 1. The van der Waals surface area contributed by atoms with Crippen LogP contribution in [0.5, 0.6) is 5.75 Å². The number of hydrogen-bond acceptors (Lipinski definition) is 7. The first-order valence-corrected chi connectivity index (χ1v) is 15.5. The molecule has 0 aliphatic carbocycles. The highest BCUT2D eigenvalue weighted by molar-refractivity contribution is 5.62. The van der Waals surface area contributed by atoms with Gasteiger partial charge in [-0.2, -0.15) is 18.4 Å². The lowest BCUT2D eigenvalue weighted by Crippen LogP contribution is -2.38. The molecule has 44 heavy (non-hydrogen) atoms. The maximum atomic E-state index is 13.0. The Labute approximate surface area is 260 Å². The van der Waals surface area contributed by atoms with Gasteiger partial charge in [-0.15, -0.1) is 0 Å². The van der Waals surface area contributed by atoms with E-state index in [1.54, 1.807) is 6.07 Å². The van der Waals surface area contributed by atoms with Crippen LogP contribution in [0.25, 0.3) is 0 Å². The average molecular weight is 613 g/mol. The molecule has 240 valence electrons. The van der Waals surface area contributed by atoms with Gasteiger partial charge in [0.15, 0.2) is 0 Å². The predicted molar refractivity (Wildman–Crippen MR) is 172 cm³/mol. The normalized spacial score (nSPS) is 14.1. The fourth-order valence-corrected chi connectivity index (χ4v) is 4.87. The minimum absolute atomic E-state index is 0.141. The van der Waals surface area contributed by atoms with Crippen LogP contribution < -0.4 is 20.7 Å². The Morgan fingerprint density at radius 2 is 1.68 bits per heavy atom. The molecular weight excluding hydrogens is 565 g/mol. The molecule has 1 aliphatic rings. The van der Waals surface area contributed by atoms with Crippen LogP contribution in [0, 0.1) is 17.2 Å². The number of hydrogen-bond donors (Lipinski definition) is 2. The quantitative estimate of drug-likeness (QED) is 0.235. The zero-order chi connectivity index (χ0) is 32.9. The van der Waals surface area contributed by atoms with Crippen molar-refractivity contribution in [2.45, 2.75) is 86.1 Å². The molecule has 10 heteroatoms. The summed E-state index contributed by atoms with van der Waals surface area (Å²) in [5.41, 5.74) is 9.38. The standard InChI is InChI=1S/C30H35F3N6O.2C2H6/c1-19(2)25-14-23(16-34)15-26(35)28(25)40-20(3)24-6-4-21(5-7-24)17-36-18-22-9-12-39(13-10-22)29-37-11-8-27(38-29)30(31,32)33;2*1-2/h4-8,11,14-15,19-20,22,36H,9-10,12-13,17-18,35H2,1-3H3;2*1-2H3. The van der Waals surface area contributed by atoms with Crippen LogP contribution in [-0.2, 0) is 12.7 Å². The van der Waals surface area contributed by atoms with E-state index in [0.717, 1.165) is 42.1 Å². The molecule has 1 fully saturated rings. The van der Waals surface area contributed by atoms with Crippen LogP contribution in [0.2, 0.25) is 0 Å². The Bertz CT molecular complexity index is 1330. The van der Waals surface area contributed by atoms with Crippen molar-refractivity contribution in [2.75, 3.05) is 30.3 Å². The number of halogens is 3. The summed E-state index contributed by atoms with van der Waals surface area (Å²) in [5.74, 6) is 1.36. The molecule has 1 unspecified atom stereocenters. The molecule has 0 bridgehead atoms. The van der Waals surface area contributed by atoms with Crippen LogP contribution in [-0.4, -0.2) is 29.6 Å². The van der Waals surface area contributed by atoms with Gasteiger partial charge in [-0.3, -0.25) is 0 Å². The van der Waals surface area contributed by atoms with Gasteiger partial charge in [0.05, 0.1) is 17.3 Å². The first-order chi connectivity index (χ1) is 21.0. The van der Waals surface area contributed by atoms with Crippen LogP contribution in [0.1, 0.15) is 101 Å². The second kappa shape index (κ2) is 17.5. The fraction of sp³-hybridized carbons (Fsp3) is 0.500. The molecule has 0 saturated carbocycles. The van der Waals surface area contributed by atoms with Crippen LogP contribution in [0.15, 0.2) is 48.7 Å². The summed E-state index contributed by atoms with van der Waals surface area (Å²) in [6.07, 6.45) is -1.81. The summed E-state index contributed by atoms with van der Waals surface area (Å²) in [4.78, 5) is 9.57. The second-order valence-electron chi connectivity index (χ2n) is 10.6. The van der Waals surface area contributed by atoms with Gasteiger partial charge in [-0.05, 0) is 67.5 Å². The van der Waals surface area contributed by atoms with E-state index in [4.69, 9.17) is 10.5 Å². The minimum Gasteiger partial charge on any atom is -0.484 e. The van der Waals surface area contributed by atoms with Gasteiger partial charge in [-0.25, -0.2) is 9.97 Å². The third-order valence-corrected chi connectivity index (χ3v) is 7.23. The zero-order valence-electron chi connectivity index (χ0n) is 27.0. The number of nitrogens with zero attached hydrogens (tertiary/aromatic N) is 4. The number of anilines is 2. The third-order valence-electron chi connectivity index (χ3n) is 7.23. The Kier molecular flexibility index (Phi) is 14.4. The van der Waals surface area contributed by atoms with E-state index in [0.29, 0.717) is 42.6 Å². The van der Waals surface area contributed by atoms with Gasteiger partial charge >= 0.3 is 6.18 Å². The van der Waals surface area contributed by atoms with Gasteiger partial charge in [0.1, 0.15) is 17.5 Å². The summed E-state index contributed by atoms with van der Waals surface area (Å²) in [5, 5.41) is 12.8.